The van der Waals surface area contributed by atoms with Crippen molar-refractivity contribution in [3.63, 3.8) is 0 Å². The number of thiophene rings is 1. The van der Waals surface area contributed by atoms with Crippen LogP contribution in [0.3, 0.4) is 0 Å². The molecule has 0 radical (unpaired) electrons. The number of likely N-dealkylation sites (N-methyl/N-ethyl adjacent to an activating group) is 1. The molecule has 0 unspecified atom stereocenters. The Hall–Kier alpha value is -2.10. The number of rotatable bonds is 6. The Morgan fingerprint density at radius 1 is 1.50 bits per heavy atom. The summed E-state index contributed by atoms with van der Waals surface area (Å²) in [6.45, 7) is 1.55. The second-order valence-corrected chi connectivity index (χ2v) is 5.40. The van der Waals surface area contributed by atoms with Gasteiger partial charge in [0.25, 0.3) is 0 Å². The van der Waals surface area contributed by atoms with E-state index in [-0.39, 0.29) is 5.69 Å². The monoisotopic (exact) mass is 288 g/mol. The van der Waals surface area contributed by atoms with Gasteiger partial charge in [0.1, 0.15) is 6.07 Å². The van der Waals surface area contributed by atoms with Crippen molar-refractivity contribution in [1.29, 1.82) is 5.26 Å². The summed E-state index contributed by atoms with van der Waals surface area (Å²) in [6.07, 6.45) is 3.69. The summed E-state index contributed by atoms with van der Waals surface area (Å²) in [7, 11) is 3.98. The molecule has 0 aliphatic rings. The number of anilines is 1. The van der Waals surface area contributed by atoms with Gasteiger partial charge in [-0.15, -0.1) is 11.3 Å². The van der Waals surface area contributed by atoms with Crippen LogP contribution in [-0.4, -0.2) is 37.1 Å². The molecule has 0 atom stereocenters. The van der Waals surface area contributed by atoms with E-state index in [0.29, 0.717) is 18.3 Å². The van der Waals surface area contributed by atoms with Crippen molar-refractivity contribution < 1.29 is 4.42 Å². The minimum atomic E-state index is 0.287. The Morgan fingerprint density at radius 3 is 3.00 bits per heavy atom. The van der Waals surface area contributed by atoms with Crippen LogP contribution >= 0.6 is 11.3 Å². The normalized spacial score (nSPS) is 11.1. The molecule has 1 N–H and O–H groups in total. The van der Waals surface area contributed by atoms with E-state index >= 15 is 0 Å². The smallest absolute Gasteiger partial charge is 0.232 e. The van der Waals surface area contributed by atoms with Crippen molar-refractivity contribution in [2.45, 2.75) is 0 Å². The van der Waals surface area contributed by atoms with Crippen molar-refractivity contribution in [1.82, 2.24) is 9.88 Å². The van der Waals surface area contributed by atoms with Gasteiger partial charge in [0, 0.05) is 24.0 Å². The van der Waals surface area contributed by atoms with Gasteiger partial charge in [0.15, 0.2) is 0 Å². The quantitative estimate of drug-likeness (QED) is 0.885. The third kappa shape index (κ3) is 3.95. The first kappa shape index (κ1) is 14.3. The Bertz CT molecular complexity index is 608. The third-order valence-corrected chi connectivity index (χ3v) is 3.37. The van der Waals surface area contributed by atoms with Crippen molar-refractivity contribution in [3.8, 4) is 6.07 Å². The topological polar surface area (TPSA) is 65.1 Å². The van der Waals surface area contributed by atoms with E-state index < -0.39 is 0 Å². The van der Waals surface area contributed by atoms with E-state index in [1.807, 2.05) is 48.7 Å². The van der Waals surface area contributed by atoms with Gasteiger partial charge in [0.2, 0.25) is 17.5 Å². The van der Waals surface area contributed by atoms with Gasteiger partial charge >= 0.3 is 0 Å². The third-order valence-electron chi connectivity index (χ3n) is 2.53. The minimum Gasteiger partial charge on any atom is -0.420 e. The van der Waals surface area contributed by atoms with Gasteiger partial charge in [-0.25, -0.2) is 0 Å². The highest BCUT2D eigenvalue weighted by atomic mass is 32.1. The van der Waals surface area contributed by atoms with Crippen molar-refractivity contribution in [2.24, 2.45) is 0 Å². The fourth-order valence-electron chi connectivity index (χ4n) is 1.54. The number of aromatic nitrogens is 1. The van der Waals surface area contributed by atoms with Crippen LogP contribution in [0.1, 0.15) is 16.5 Å². The Labute approximate surface area is 122 Å². The van der Waals surface area contributed by atoms with Gasteiger partial charge in [-0.1, -0.05) is 6.07 Å². The van der Waals surface area contributed by atoms with E-state index in [1.54, 1.807) is 17.4 Å². The molecule has 2 aromatic rings. The summed E-state index contributed by atoms with van der Waals surface area (Å²) < 4.78 is 5.54. The molecule has 0 aliphatic heterocycles. The van der Waals surface area contributed by atoms with Crippen LogP contribution in [0.25, 0.3) is 12.2 Å². The number of nitrogens with zero attached hydrogens (tertiary/aromatic N) is 3. The predicted octanol–water partition coefficient (Wildman–Crippen LogP) is 2.75. The second kappa shape index (κ2) is 6.89. The molecule has 2 rings (SSSR count). The molecule has 0 aromatic carbocycles. The van der Waals surface area contributed by atoms with Gasteiger partial charge < -0.3 is 14.6 Å². The van der Waals surface area contributed by atoms with Crippen LogP contribution < -0.4 is 5.32 Å². The lowest BCUT2D eigenvalue weighted by molar-refractivity contribution is 0.422. The first-order valence-electron chi connectivity index (χ1n) is 6.20. The molecule has 0 aliphatic carbocycles. The molecule has 2 aromatic heterocycles. The average molecular weight is 288 g/mol. The summed E-state index contributed by atoms with van der Waals surface area (Å²) >= 11 is 1.63. The van der Waals surface area contributed by atoms with E-state index in [0.717, 1.165) is 11.4 Å². The number of nitriles is 1. The Morgan fingerprint density at radius 2 is 2.35 bits per heavy atom. The molecule has 0 saturated heterocycles. The van der Waals surface area contributed by atoms with Crippen LogP contribution in [-0.2, 0) is 0 Å². The van der Waals surface area contributed by atoms with E-state index in [1.165, 1.54) is 0 Å². The lowest BCUT2D eigenvalue weighted by Crippen LogP contribution is -2.20. The average Bonchev–Trinajstić information content (AvgIpc) is 3.04. The van der Waals surface area contributed by atoms with Crippen LogP contribution in [0, 0.1) is 11.3 Å². The van der Waals surface area contributed by atoms with Crippen molar-refractivity contribution >= 4 is 29.4 Å². The molecule has 0 spiro atoms. The van der Waals surface area contributed by atoms with Crippen LogP contribution in [0.5, 0.6) is 0 Å². The molecular weight excluding hydrogens is 272 g/mol. The zero-order valence-electron chi connectivity index (χ0n) is 11.5. The summed E-state index contributed by atoms with van der Waals surface area (Å²) in [5, 5.41) is 14.1. The molecule has 0 amide bonds. The minimum absolute atomic E-state index is 0.287. The number of hydrogen-bond acceptors (Lipinski definition) is 6. The number of oxazole rings is 1. The summed E-state index contributed by atoms with van der Waals surface area (Å²) in [4.78, 5) is 7.30. The predicted molar refractivity (Wildman–Crippen MR) is 81.5 cm³/mol. The first-order chi connectivity index (χ1) is 9.69. The Kier molecular flexibility index (Phi) is 4.93. The molecular formula is C14H16N4OS. The lowest BCUT2D eigenvalue weighted by Gasteiger charge is -2.09. The first-order valence-corrected chi connectivity index (χ1v) is 7.08. The molecule has 0 fully saturated rings. The highest BCUT2D eigenvalue weighted by Crippen LogP contribution is 2.19. The Balaban J connectivity index is 2.04. The number of nitrogens with one attached hydrogen (secondary N) is 1. The summed E-state index contributed by atoms with van der Waals surface area (Å²) in [5.74, 6) is 0.863. The standard InChI is InChI=1S/C14H16N4OS/c1-18(2)8-7-16-14-12(10-15)17-13(19-14)6-5-11-4-3-9-20-11/h3-6,9,16H,7-8H2,1-2H3. The van der Waals surface area contributed by atoms with E-state index in [4.69, 9.17) is 9.68 Å². The number of hydrogen-bond donors (Lipinski definition) is 1. The maximum Gasteiger partial charge on any atom is 0.232 e. The van der Waals surface area contributed by atoms with Crippen LogP contribution in [0.2, 0.25) is 0 Å². The second-order valence-electron chi connectivity index (χ2n) is 4.42. The maximum atomic E-state index is 9.05. The molecule has 0 bridgehead atoms. The molecule has 104 valence electrons. The molecule has 6 heteroatoms. The van der Waals surface area contributed by atoms with Gasteiger partial charge in [-0.3, -0.25) is 0 Å². The van der Waals surface area contributed by atoms with Crippen LogP contribution in [0.4, 0.5) is 5.88 Å². The van der Waals surface area contributed by atoms with Gasteiger partial charge in [-0.05, 0) is 31.6 Å². The van der Waals surface area contributed by atoms with Gasteiger partial charge in [-0.2, -0.15) is 10.2 Å². The molecule has 20 heavy (non-hydrogen) atoms. The summed E-state index contributed by atoms with van der Waals surface area (Å²) in [5.41, 5.74) is 0.287. The van der Waals surface area contributed by atoms with Crippen molar-refractivity contribution in [2.75, 3.05) is 32.5 Å². The molecule has 2 heterocycles. The van der Waals surface area contributed by atoms with Crippen LogP contribution in [0.15, 0.2) is 21.9 Å². The SMILES string of the molecule is CN(C)CCNc1oc(C=Cc2cccs2)nc1C#N. The fourth-order valence-corrected chi connectivity index (χ4v) is 2.15. The highest BCUT2D eigenvalue weighted by Gasteiger charge is 2.10. The molecule has 0 saturated carbocycles. The van der Waals surface area contributed by atoms with Crippen molar-refractivity contribution in [3.05, 3.63) is 34.0 Å². The highest BCUT2D eigenvalue weighted by molar-refractivity contribution is 7.10. The fraction of sp³-hybridized carbons (Fsp3) is 0.286. The lowest BCUT2D eigenvalue weighted by atomic mass is 10.4. The van der Waals surface area contributed by atoms with E-state index in [9.17, 15) is 0 Å². The zero-order valence-corrected chi connectivity index (χ0v) is 12.3. The largest absolute Gasteiger partial charge is 0.420 e. The molecule has 5 nitrogen and oxygen atoms in total. The van der Waals surface area contributed by atoms with E-state index in [2.05, 4.69) is 10.3 Å². The maximum absolute atomic E-state index is 9.05. The zero-order chi connectivity index (χ0) is 14.4. The summed E-state index contributed by atoms with van der Waals surface area (Å²) in [6, 6.07) is 6.02. The van der Waals surface area contributed by atoms with Gasteiger partial charge in [0.05, 0.1) is 0 Å².